The molecule has 0 unspecified atom stereocenters. The largest absolute Gasteiger partial charge is 0.316 e. The molecule has 0 fully saturated rings. The molecule has 2 nitrogen and oxygen atoms in total. The molecule has 1 aromatic heterocycles. The number of nitrogens with zero attached hydrogens (tertiary/aromatic N) is 1. The Labute approximate surface area is 101 Å². The summed E-state index contributed by atoms with van der Waals surface area (Å²) in [5, 5.41) is 2.96. The third-order valence-electron chi connectivity index (χ3n) is 2.61. The van der Waals surface area contributed by atoms with E-state index in [1.54, 1.807) is 6.20 Å². The van der Waals surface area contributed by atoms with Gasteiger partial charge in [-0.05, 0) is 36.7 Å². The second-order valence-corrected chi connectivity index (χ2v) is 3.99. The van der Waals surface area contributed by atoms with Gasteiger partial charge in [-0.3, -0.25) is 4.98 Å². The highest BCUT2D eigenvalue weighted by Crippen LogP contribution is 2.14. The van der Waals surface area contributed by atoms with E-state index in [0.29, 0.717) is 12.1 Å². The highest BCUT2D eigenvalue weighted by Gasteiger charge is 2.03. The summed E-state index contributed by atoms with van der Waals surface area (Å²) in [6, 6.07) is 9.18. The molecule has 17 heavy (non-hydrogen) atoms. The lowest BCUT2D eigenvalue weighted by atomic mass is 10.0. The molecule has 0 aliphatic rings. The van der Waals surface area contributed by atoms with Crippen LogP contribution in [0.5, 0.6) is 0 Å². The van der Waals surface area contributed by atoms with Gasteiger partial charge in [-0.15, -0.1) is 0 Å². The maximum Gasteiger partial charge on any atom is 0.127 e. The molecular weight excluding hydrogens is 215 g/mol. The Morgan fingerprint density at radius 1 is 1.24 bits per heavy atom. The van der Waals surface area contributed by atoms with E-state index >= 15 is 0 Å². The summed E-state index contributed by atoms with van der Waals surface area (Å²) in [4.78, 5) is 4.07. The number of aromatic nitrogens is 1. The average Bonchev–Trinajstić information content (AvgIpc) is 2.35. The van der Waals surface area contributed by atoms with Crippen LogP contribution in [0.15, 0.2) is 42.7 Å². The van der Waals surface area contributed by atoms with Crippen LogP contribution in [0.3, 0.4) is 0 Å². The molecule has 2 rings (SSSR count). The van der Waals surface area contributed by atoms with Crippen molar-refractivity contribution >= 4 is 0 Å². The zero-order valence-electron chi connectivity index (χ0n) is 9.78. The fourth-order valence-corrected chi connectivity index (χ4v) is 1.80. The van der Waals surface area contributed by atoms with Crippen molar-refractivity contribution in [2.45, 2.75) is 13.0 Å². The molecule has 0 saturated heterocycles. The van der Waals surface area contributed by atoms with Crippen LogP contribution in [0.1, 0.15) is 16.7 Å². The Bertz CT molecular complexity index is 483. The van der Waals surface area contributed by atoms with E-state index in [9.17, 15) is 4.39 Å². The van der Waals surface area contributed by atoms with Crippen molar-refractivity contribution in [2.24, 2.45) is 0 Å². The molecule has 1 heterocycles. The second kappa shape index (κ2) is 5.55. The van der Waals surface area contributed by atoms with Crippen LogP contribution in [-0.2, 0) is 13.0 Å². The SMILES string of the molecule is CNCc1cc(Cc2cccnc2)ccc1F. The number of benzene rings is 1. The number of pyridine rings is 1. The first-order valence-corrected chi connectivity index (χ1v) is 5.60. The summed E-state index contributed by atoms with van der Waals surface area (Å²) >= 11 is 0. The first-order chi connectivity index (χ1) is 8.29. The average molecular weight is 230 g/mol. The Balaban J connectivity index is 2.19. The van der Waals surface area contributed by atoms with E-state index in [-0.39, 0.29) is 5.82 Å². The lowest BCUT2D eigenvalue weighted by Crippen LogP contribution is -2.07. The lowest BCUT2D eigenvalue weighted by Gasteiger charge is -2.06. The van der Waals surface area contributed by atoms with Crippen molar-refractivity contribution in [1.29, 1.82) is 0 Å². The minimum Gasteiger partial charge on any atom is -0.316 e. The number of hydrogen-bond donors (Lipinski definition) is 1. The fourth-order valence-electron chi connectivity index (χ4n) is 1.80. The van der Waals surface area contributed by atoms with E-state index in [0.717, 1.165) is 17.5 Å². The van der Waals surface area contributed by atoms with E-state index in [1.165, 1.54) is 6.07 Å². The van der Waals surface area contributed by atoms with Gasteiger partial charge in [-0.25, -0.2) is 4.39 Å². The highest BCUT2D eigenvalue weighted by molar-refractivity contribution is 5.29. The molecule has 0 atom stereocenters. The van der Waals surface area contributed by atoms with Crippen LogP contribution in [0.2, 0.25) is 0 Å². The molecule has 88 valence electrons. The van der Waals surface area contributed by atoms with Gasteiger partial charge in [0.05, 0.1) is 0 Å². The summed E-state index contributed by atoms with van der Waals surface area (Å²) < 4.78 is 13.4. The van der Waals surface area contributed by atoms with E-state index < -0.39 is 0 Å². The van der Waals surface area contributed by atoms with E-state index in [4.69, 9.17) is 0 Å². The predicted molar refractivity (Wildman–Crippen MR) is 66.2 cm³/mol. The smallest absolute Gasteiger partial charge is 0.127 e. The molecular formula is C14H15FN2. The molecule has 0 saturated carbocycles. The van der Waals surface area contributed by atoms with Gasteiger partial charge in [0.25, 0.3) is 0 Å². The molecule has 0 radical (unpaired) electrons. The minimum absolute atomic E-state index is 0.158. The van der Waals surface area contributed by atoms with Gasteiger partial charge in [0.1, 0.15) is 5.82 Å². The molecule has 0 amide bonds. The van der Waals surface area contributed by atoms with Crippen LogP contribution < -0.4 is 5.32 Å². The Morgan fingerprint density at radius 3 is 2.82 bits per heavy atom. The first-order valence-electron chi connectivity index (χ1n) is 5.60. The zero-order chi connectivity index (χ0) is 12.1. The summed E-state index contributed by atoms with van der Waals surface area (Å²) in [7, 11) is 1.81. The summed E-state index contributed by atoms with van der Waals surface area (Å²) in [6.07, 6.45) is 4.37. The fraction of sp³-hybridized carbons (Fsp3) is 0.214. The van der Waals surface area contributed by atoms with E-state index in [2.05, 4.69) is 10.3 Å². The second-order valence-electron chi connectivity index (χ2n) is 3.99. The van der Waals surface area contributed by atoms with Gasteiger partial charge in [-0.2, -0.15) is 0 Å². The summed E-state index contributed by atoms with van der Waals surface area (Å²) in [6.45, 7) is 0.548. The van der Waals surface area contributed by atoms with Crippen LogP contribution in [0.25, 0.3) is 0 Å². The molecule has 3 heteroatoms. The van der Waals surface area contributed by atoms with Crippen molar-refractivity contribution in [3.63, 3.8) is 0 Å². The number of halogens is 1. The summed E-state index contributed by atoms with van der Waals surface area (Å²) in [5.74, 6) is -0.158. The molecule has 0 bridgehead atoms. The molecule has 0 aliphatic carbocycles. The third kappa shape index (κ3) is 3.11. The van der Waals surface area contributed by atoms with Crippen molar-refractivity contribution in [3.8, 4) is 0 Å². The maximum atomic E-state index is 13.4. The topological polar surface area (TPSA) is 24.9 Å². The lowest BCUT2D eigenvalue weighted by molar-refractivity contribution is 0.600. The van der Waals surface area contributed by atoms with Crippen molar-refractivity contribution in [2.75, 3.05) is 7.05 Å². The first kappa shape index (κ1) is 11.7. The summed E-state index contributed by atoms with van der Waals surface area (Å²) in [5.41, 5.74) is 2.94. The molecule has 0 spiro atoms. The normalized spacial score (nSPS) is 10.5. The van der Waals surface area contributed by atoms with Gasteiger partial charge in [0.15, 0.2) is 0 Å². The van der Waals surface area contributed by atoms with Crippen LogP contribution in [0.4, 0.5) is 4.39 Å². The van der Waals surface area contributed by atoms with Crippen LogP contribution in [-0.4, -0.2) is 12.0 Å². The van der Waals surface area contributed by atoms with Crippen LogP contribution >= 0.6 is 0 Å². The zero-order valence-corrected chi connectivity index (χ0v) is 9.78. The monoisotopic (exact) mass is 230 g/mol. The number of nitrogens with one attached hydrogen (secondary N) is 1. The Kier molecular flexibility index (Phi) is 3.83. The van der Waals surface area contributed by atoms with Gasteiger partial charge in [0, 0.05) is 24.5 Å². The van der Waals surface area contributed by atoms with Gasteiger partial charge in [-0.1, -0.05) is 18.2 Å². The maximum absolute atomic E-state index is 13.4. The molecule has 2 aromatic rings. The molecule has 1 aromatic carbocycles. The van der Waals surface area contributed by atoms with Crippen molar-refractivity contribution in [3.05, 3.63) is 65.2 Å². The van der Waals surface area contributed by atoms with Gasteiger partial charge < -0.3 is 5.32 Å². The predicted octanol–water partition coefficient (Wildman–Crippen LogP) is 2.53. The molecule has 0 aliphatic heterocycles. The van der Waals surface area contributed by atoms with Crippen LogP contribution in [0, 0.1) is 5.82 Å². The molecule has 1 N–H and O–H groups in total. The highest BCUT2D eigenvalue weighted by atomic mass is 19.1. The third-order valence-corrected chi connectivity index (χ3v) is 2.61. The number of hydrogen-bond acceptors (Lipinski definition) is 2. The van der Waals surface area contributed by atoms with Crippen molar-refractivity contribution in [1.82, 2.24) is 10.3 Å². The Morgan fingerprint density at radius 2 is 2.12 bits per heavy atom. The minimum atomic E-state index is -0.158. The number of rotatable bonds is 4. The Hall–Kier alpha value is -1.74. The van der Waals surface area contributed by atoms with Crippen molar-refractivity contribution < 1.29 is 4.39 Å². The quantitative estimate of drug-likeness (QED) is 0.873. The van der Waals surface area contributed by atoms with Gasteiger partial charge >= 0.3 is 0 Å². The van der Waals surface area contributed by atoms with E-state index in [1.807, 2.05) is 37.5 Å². The van der Waals surface area contributed by atoms with Gasteiger partial charge in [0.2, 0.25) is 0 Å². The standard InChI is InChI=1S/C14H15FN2/c1-16-10-13-8-11(4-5-14(13)15)7-12-3-2-6-17-9-12/h2-6,8-9,16H,7,10H2,1H3.